The van der Waals surface area contributed by atoms with E-state index in [1.165, 1.54) is 6.20 Å². The first-order valence-electron chi connectivity index (χ1n) is 3.51. The lowest BCUT2D eigenvalue weighted by molar-refractivity contribution is 0.0690. The highest BCUT2D eigenvalue weighted by molar-refractivity contribution is 9.11. The van der Waals surface area contributed by atoms with E-state index >= 15 is 0 Å². The smallest absolute Gasteiger partial charge is 0.356 e. The molecule has 2 heterocycles. The number of aromatic carboxylic acids is 1. The van der Waals surface area contributed by atoms with Gasteiger partial charge >= 0.3 is 12.0 Å². The van der Waals surface area contributed by atoms with Crippen LogP contribution in [0.3, 0.4) is 0 Å². The summed E-state index contributed by atoms with van der Waals surface area (Å²) in [5, 5.41) is 8.64. The molecule has 0 fully saturated rings. The van der Waals surface area contributed by atoms with Gasteiger partial charge in [0.05, 0.1) is 0 Å². The molecule has 0 aromatic carbocycles. The van der Waals surface area contributed by atoms with Gasteiger partial charge in [-0.2, -0.15) is 4.98 Å². The molecule has 0 spiro atoms. The first-order chi connectivity index (χ1) is 6.16. The number of hydrogen-bond donors (Lipinski definition) is 1. The molecule has 0 radical (unpaired) electrons. The molecule has 13 heavy (non-hydrogen) atoms. The second-order valence-electron chi connectivity index (χ2n) is 2.48. The number of fused-ring (bicyclic) bond motifs is 1. The quantitative estimate of drug-likeness (QED) is 0.807. The van der Waals surface area contributed by atoms with Crippen molar-refractivity contribution in [1.82, 2.24) is 9.55 Å². The third-order valence-corrected chi connectivity index (χ3v) is 2.08. The number of imidazole rings is 1. The summed E-state index contributed by atoms with van der Waals surface area (Å²) in [4.78, 5) is 14.3. The van der Waals surface area contributed by atoms with Crippen molar-refractivity contribution >= 4 is 21.9 Å². The Bertz CT molecular complexity index is 396. The molecule has 5 nitrogen and oxygen atoms in total. The van der Waals surface area contributed by atoms with Crippen LogP contribution in [0.2, 0.25) is 0 Å². The highest BCUT2D eigenvalue weighted by atomic mass is 79.9. The number of carboxylic acid groups (broad SMARTS) is 1. The van der Waals surface area contributed by atoms with Gasteiger partial charge in [0.2, 0.25) is 0 Å². The van der Waals surface area contributed by atoms with Crippen LogP contribution in [0.1, 0.15) is 10.5 Å². The molecular formula is C7H5BrN2O3. The summed E-state index contributed by atoms with van der Waals surface area (Å²) < 4.78 is 7.31. The molecule has 1 aromatic rings. The highest BCUT2D eigenvalue weighted by Crippen LogP contribution is 2.22. The van der Waals surface area contributed by atoms with Gasteiger partial charge < -0.3 is 9.84 Å². The van der Waals surface area contributed by atoms with Gasteiger partial charge in [0.25, 0.3) is 0 Å². The molecule has 0 unspecified atom stereocenters. The van der Waals surface area contributed by atoms with E-state index in [1.54, 1.807) is 10.6 Å². The molecule has 1 aliphatic rings. The minimum absolute atomic E-state index is 0.00870. The van der Waals surface area contributed by atoms with Gasteiger partial charge in [0.15, 0.2) is 10.4 Å². The van der Waals surface area contributed by atoms with Crippen LogP contribution in [-0.2, 0) is 6.54 Å². The number of nitrogens with zero attached hydrogens (tertiary/aromatic N) is 2. The second kappa shape index (κ2) is 2.88. The molecule has 0 saturated carbocycles. The normalized spacial score (nSPS) is 14.4. The van der Waals surface area contributed by atoms with Gasteiger partial charge in [-0.05, 0) is 22.0 Å². The number of rotatable bonds is 1. The molecule has 6 heteroatoms. The Morgan fingerprint density at radius 3 is 3.23 bits per heavy atom. The van der Waals surface area contributed by atoms with Crippen molar-refractivity contribution in [3.05, 3.63) is 22.6 Å². The maximum atomic E-state index is 10.5. The predicted molar refractivity (Wildman–Crippen MR) is 46.8 cm³/mol. The zero-order chi connectivity index (χ0) is 9.42. The van der Waals surface area contributed by atoms with Gasteiger partial charge in [-0.3, -0.25) is 4.57 Å². The van der Waals surface area contributed by atoms with Crippen molar-refractivity contribution < 1.29 is 14.6 Å². The van der Waals surface area contributed by atoms with E-state index in [-0.39, 0.29) is 5.69 Å². The van der Waals surface area contributed by atoms with Gasteiger partial charge in [0, 0.05) is 12.7 Å². The Morgan fingerprint density at radius 1 is 1.77 bits per heavy atom. The number of ether oxygens (including phenoxy) is 1. The van der Waals surface area contributed by atoms with E-state index < -0.39 is 5.97 Å². The van der Waals surface area contributed by atoms with E-state index in [4.69, 9.17) is 9.84 Å². The Hall–Kier alpha value is -1.30. The number of hydrogen-bond acceptors (Lipinski definition) is 3. The van der Waals surface area contributed by atoms with Crippen LogP contribution in [0, 0.1) is 0 Å². The molecule has 1 aromatic heterocycles. The summed E-state index contributed by atoms with van der Waals surface area (Å²) in [5.41, 5.74) is -0.00870. The molecule has 2 rings (SSSR count). The zero-order valence-electron chi connectivity index (χ0n) is 6.40. The van der Waals surface area contributed by atoms with Crippen molar-refractivity contribution in [1.29, 1.82) is 0 Å². The van der Waals surface area contributed by atoms with E-state index in [0.717, 1.165) is 0 Å². The molecule has 0 aliphatic carbocycles. The van der Waals surface area contributed by atoms with Crippen molar-refractivity contribution in [2.75, 3.05) is 0 Å². The van der Waals surface area contributed by atoms with Crippen LogP contribution in [0.5, 0.6) is 6.01 Å². The molecular weight excluding hydrogens is 240 g/mol. The maximum absolute atomic E-state index is 10.5. The first kappa shape index (κ1) is 8.31. The first-order valence-corrected chi connectivity index (χ1v) is 4.30. The molecule has 1 N–H and O–H groups in total. The number of allylic oxidation sites excluding steroid dienone is 1. The Labute approximate surface area is 81.8 Å². The van der Waals surface area contributed by atoms with Crippen LogP contribution in [0.25, 0.3) is 0 Å². The van der Waals surface area contributed by atoms with Crippen molar-refractivity contribution in [3.8, 4) is 6.01 Å². The monoisotopic (exact) mass is 244 g/mol. The van der Waals surface area contributed by atoms with Crippen molar-refractivity contribution in [3.63, 3.8) is 0 Å². The molecule has 0 saturated heterocycles. The van der Waals surface area contributed by atoms with Crippen LogP contribution in [-0.4, -0.2) is 20.6 Å². The lowest BCUT2D eigenvalue weighted by Crippen LogP contribution is -2.05. The second-order valence-corrected chi connectivity index (χ2v) is 3.26. The number of carbonyl (C=O) groups is 1. The molecule has 0 bridgehead atoms. The van der Waals surface area contributed by atoms with Crippen LogP contribution < -0.4 is 4.74 Å². The summed E-state index contributed by atoms with van der Waals surface area (Å²) in [6, 6.07) is 0.298. The maximum Gasteiger partial charge on any atom is 0.356 e. The van der Waals surface area contributed by atoms with Crippen LogP contribution in [0.4, 0.5) is 0 Å². The lowest BCUT2D eigenvalue weighted by atomic mass is 10.5. The number of aromatic nitrogens is 2. The largest absolute Gasteiger partial charge is 0.476 e. The number of carboxylic acids is 1. The Morgan fingerprint density at radius 2 is 2.54 bits per heavy atom. The minimum Gasteiger partial charge on any atom is -0.476 e. The molecule has 68 valence electrons. The molecule has 0 atom stereocenters. The average Bonchev–Trinajstić information content (AvgIpc) is 2.46. The fourth-order valence-corrected chi connectivity index (χ4v) is 1.30. The summed E-state index contributed by atoms with van der Waals surface area (Å²) in [7, 11) is 0. The molecule has 0 amide bonds. The Balaban J connectivity index is 2.37. The topological polar surface area (TPSA) is 64.3 Å². The summed E-state index contributed by atoms with van der Waals surface area (Å²) in [5.74, 6) is -1.05. The highest BCUT2D eigenvalue weighted by Gasteiger charge is 2.17. The van der Waals surface area contributed by atoms with Gasteiger partial charge in [0.1, 0.15) is 0 Å². The fraction of sp³-hybridized carbons (Fsp3) is 0.143. The SMILES string of the molecule is O=C(O)c1cn2c(n1)OC(Br)=CC2. The average molecular weight is 245 g/mol. The summed E-state index contributed by atoms with van der Waals surface area (Å²) >= 11 is 3.14. The van der Waals surface area contributed by atoms with E-state index in [9.17, 15) is 4.79 Å². The summed E-state index contributed by atoms with van der Waals surface area (Å²) in [6.07, 6.45) is 3.22. The van der Waals surface area contributed by atoms with E-state index in [2.05, 4.69) is 20.9 Å². The standard InChI is InChI=1S/C7H5BrN2O3/c8-5-1-2-10-3-4(6(11)12)9-7(10)13-5/h1,3H,2H2,(H,11,12). The van der Waals surface area contributed by atoms with Crippen LogP contribution in [0.15, 0.2) is 16.9 Å². The fourth-order valence-electron chi connectivity index (χ4n) is 1.01. The third kappa shape index (κ3) is 1.44. The van der Waals surface area contributed by atoms with Gasteiger partial charge in [-0.15, -0.1) is 0 Å². The number of halogens is 1. The van der Waals surface area contributed by atoms with Gasteiger partial charge in [-0.1, -0.05) is 0 Å². The van der Waals surface area contributed by atoms with Gasteiger partial charge in [-0.25, -0.2) is 4.79 Å². The van der Waals surface area contributed by atoms with E-state index in [0.29, 0.717) is 17.2 Å². The zero-order valence-corrected chi connectivity index (χ0v) is 7.98. The lowest BCUT2D eigenvalue weighted by Gasteiger charge is -2.10. The van der Waals surface area contributed by atoms with E-state index in [1.807, 2.05) is 0 Å². The Kier molecular flexibility index (Phi) is 1.84. The minimum atomic E-state index is -1.05. The molecule has 1 aliphatic heterocycles. The van der Waals surface area contributed by atoms with Crippen LogP contribution >= 0.6 is 15.9 Å². The van der Waals surface area contributed by atoms with Crippen molar-refractivity contribution in [2.45, 2.75) is 6.54 Å². The third-order valence-electron chi connectivity index (χ3n) is 1.60. The van der Waals surface area contributed by atoms with Crippen molar-refractivity contribution in [2.24, 2.45) is 0 Å². The predicted octanol–water partition coefficient (Wildman–Crippen LogP) is 1.21. The summed E-state index contributed by atoms with van der Waals surface area (Å²) in [6.45, 7) is 0.566.